The molecule has 3 atom stereocenters. The van der Waals surface area contributed by atoms with Gasteiger partial charge in [-0.3, -0.25) is 19.1 Å². The van der Waals surface area contributed by atoms with E-state index in [0.717, 1.165) is 38.5 Å². The van der Waals surface area contributed by atoms with Crippen LogP contribution in [0.3, 0.4) is 0 Å². The van der Waals surface area contributed by atoms with Gasteiger partial charge in [0.25, 0.3) is 5.56 Å². The van der Waals surface area contributed by atoms with Gasteiger partial charge in [-0.25, -0.2) is 9.59 Å². The first-order valence-corrected chi connectivity index (χ1v) is 18.0. The number of aryl methyl sites for hydroxylation is 1. The molecule has 1 saturated heterocycles. The van der Waals surface area contributed by atoms with Crippen LogP contribution in [0, 0.1) is 6.92 Å². The molecule has 14 nitrogen and oxygen atoms in total. The number of ether oxygens (including phenoxy) is 2. The second-order valence-electron chi connectivity index (χ2n) is 12.2. The first kappa shape index (κ1) is 43.3. The van der Waals surface area contributed by atoms with Gasteiger partial charge in [0.1, 0.15) is 18.9 Å². The lowest BCUT2D eigenvalue weighted by Crippen LogP contribution is -2.38. The first-order valence-electron chi connectivity index (χ1n) is 18.0. The largest absolute Gasteiger partial charge is 0.447 e. The maximum Gasteiger partial charge on any atom is 0.407 e. The van der Waals surface area contributed by atoms with E-state index in [1.54, 1.807) is 6.92 Å². The highest BCUT2D eigenvalue weighted by Crippen LogP contribution is 2.30. The molecule has 2 rings (SSSR count). The monoisotopic (exact) mass is 720 g/mol. The molecule has 0 unspecified atom stereocenters. The molecule has 2 amide bonds. The van der Waals surface area contributed by atoms with Gasteiger partial charge in [-0.15, -0.1) is 0 Å². The molecule has 0 aromatic carbocycles. The molecule has 0 saturated carbocycles. The van der Waals surface area contributed by atoms with Gasteiger partial charge in [-0.1, -0.05) is 85.0 Å². The van der Waals surface area contributed by atoms with Crippen LogP contribution >= 0.6 is 0 Å². The first-order chi connectivity index (χ1) is 25.2. The fraction of sp³-hybridized carbons (Fsp3) is 0.526. The molecule has 1 aliphatic heterocycles. The Morgan fingerprint density at radius 3 is 2.10 bits per heavy atom. The molecule has 284 valence electrons. The van der Waals surface area contributed by atoms with E-state index in [-0.39, 0.29) is 18.9 Å². The number of aromatic nitrogens is 2. The quantitative estimate of drug-likeness (QED) is 0.0502. The summed E-state index contributed by atoms with van der Waals surface area (Å²) >= 11 is 0. The molecule has 0 spiro atoms. The number of H-pyrrole nitrogens is 1. The Hall–Kier alpha value is -4.91. The number of alkyl carbamates (subject to hydrolysis) is 1. The van der Waals surface area contributed by atoms with Crippen LogP contribution in [-0.2, 0) is 14.3 Å². The van der Waals surface area contributed by atoms with E-state index in [1.165, 1.54) is 10.8 Å². The molecule has 0 radical (unpaired) electrons. The number of hydrogen-bond acceptors (Lipinski definition) is 8. The average molecular weight is 721 g/mol. The number of carbonyl (C=O) groups excluding carboxylic acids is 2. The predicted octanol–water partition coefficient (Wildman–Crippen LogP) is 6.06. The van der Waals surface area contributed by atoms with Gasteiger partial charge in [0.15, 0.2) is 0 Å². The van der Waals surface area contributed by atoms with Crippen LogP contribution in [0.25, 0.3) is 10.4 Å². The van der Waals surface area contributed by atoms with Crippen LogP contribution < -0.4 is 21.9 Å². The van der Waals surface area contributed by atoms with Crippen molar-refractivity contribution in [2.45, 2.75) is 90.0 Å². The minimum Gasteiger partial charge on any atom is -0.447 e. The number of carbonyl (C=O) groups is 2. The number of allylic oxidation sites excluding steroid dienone is 12. The van der Waals surface area contributed by atoms with Crippen LogP contribution in [0.2, 0.25) is 0 Å². The predicted molar refractivity (Wildman–Crippen MR) is 205 cm³/mol. The molecule has 0 aliphatic carbocycles. The van der Waals surface area contributed by atoms with Crippen molar-refractivity contribution in [2.24, 2.45) is 5.11 Å². The lowest BCUT2D eigenvalue weighted by Gasteiger charge is -2.18. The maximum atomic E-state index is 12.3. The van der Waals surface area contributed by atoms with Crippen LogP contribution in [0.15, 0.2) is 93.8 Å². The Kier molecular flexibility index (Phi) is 22.3. The van der Waals surface area contributed by atoms with Crippen molar-refractivity contribution < 1.29 is 19.1 Å². The third-order valence-corrected chi connectivity index (χ3v) is 7.95. The molecule has 1 fully saturated rings. The van der Waals surface area contributed by atoms with Crippen molar-refractivity contribution in [3.63, 3.8) is 0 Å². The van der Waals surface area contributed by atoms with Gasteiger partial charge in [0.2, 0.25) is 5.91 Å². The number of azide groups is 1. The van der Waals surface area contributed by atoms with Crippen LogP contribution in [0.1, 0.15) is 76.5 Å². The summed E-state index contributed by atoms with van der Waals surface area (Å²) in [5.74, 6) is -0.00870. The summed E-state index contributed by atoms with van der Waals surface area (Å²) in [6.45, 7) is 5.45. The number of rotatable bonds is 24. The number of amides is 2. The minimum atomic E-state index is -0.791. The molecule has 0 bridgehead atoms. The summed E-state index contributed by atoms with van der Waals surface area (Å²) in [6.07, 6.45) is 32.0. The van der Waals surface area contributed by atoms with Gasteiger partial charge in [0.05, 0.1) is 6.04 Å². The van der Waals surface area contributed by atoms with Crippen molar-refractivity contribution in [3.05, 3.63) is 116 Å². The molecule has 1 aromatic heterocycles. The normalized spacial score (nSPS) is 17.8. The van der Waals surface area contributed by atoms with Crippen LogP contribution in [0.4, 0.5) is 4.79 Å². The fourth-order valence-electron chi connectivity index (χ4n) is 5.02. The zero-order valence-corrected chi connectivity index (χ0v) is 30.8. The third-order valence-electron chi connectivity index (χ3n) is 7.95. The average Bonchev–Trinajstić information content (AvgIpc) is 3.52. The maximum absolute atomic E-state index is 12.3. The van der Waals surface area contributed by atoms with Gasteiger partial charge in [-0.05, 0) is 64.4 Å². The summed E-state index contributed by atoms with van der Waals surface area (Å²) in [4.78, 5) is 55.4. The van der Waals surface area contributed by atoms with E-state index in [4.69, 9.17) is 15.0 Å². The van der Waals surface area contributed by atoms with Gasteiger partial charge < -0.3 is 25.0 Å². The second-order valence-corrected chi connectivity index (χ2v) is 12.2. The molecule has 3 N–H and O–H groups in total. The molecule has 2 heterocycles. The standard InChI is InChI=1S/C38H56N8O6/c1-4-5-6-7-8-9-10-11-12-13-14-15-16-17-18-19-20-21-22-23-34(47)40-24-26-45(3)27-25-41-38(50)51-30-33-32(43-44-39)28-35(52-33)46-29-31(2)36(48)42-37(46)49/h5-6,8-9,11-12,14-15,17-18,20-21,29,32-33,35H,4,7,10,13,16,19,22-28,30H2,1-3H3,(H,40,47)(H,41,50)(H,42,48,49)/b6-5-,9-8-,12-11-,15-14-,18-17-,21-20-/t32-,33+,35-/m0/s1. The van der Waals surface area contributed by atoms with Gasteiger partial charge >= 0.3 is 11.8 Å². The van der Waals surface area contributed by atoms with E-state index >= 15 is 0 Å². The number of likely N-dealkylation sites (N-methyl/N-ethyl adjacent to an activating group) is 1. The van der Waals surface area contributed by atoms with Crippen molar-refractivity contribution >= 4 is 12.0 Å². The topological polar surface area (TPSA) is 184 Å². The Labute approximate surface area is 306 Å². The van der Waals surface area contributed by atoms with E-state index < -0.39 is 35.7 Å². The molecular formula is C38H56N8O6. The van der Waals surface area contributed by atoms with E-state index in [2.05, 4.69) is 99.4 Å². The highest BCUT2D eigenvalue weighted by Gasteiger charge is 2.37. The zero-order chi connectivity index (χ0) is 37.8. The Morgan fingerprint density at radius 2 is 1.52 bits per heavy atom. The number of nitrogens with zero attached hydrogens (tertiary/aromatic N) is 5. The van der Waals surface area contributed by atoms with Crippen LogP contribution in [0.5, 0.6) is 0 Å². The summed E-state index contributed by atoms with van der Waals surface area (Å²) in [6, 6.07) is -0.672. The Balaban J connectivity index is 1.50. The molecular weight excluding hydrogens is 664 g/mol. The number of aromatic amines is 1. The minimum absolute atomic E-state index is 0.00870. The van der Waals surface area contributed by atoms with Crippen molar-refractivity contribution in [2.75, 3.05) is 39.8 Å². The third kappa shape index (κ3) is 18.9. The Bertz CT molecular complexity index is 1570. The van der Waals surface area contributed by atoms with E-state index in [0.29, 0.717) is 44.6 Å². The summed E-state index contributed by atoms with van der Waals surface area (Å²) in [5, 5.41) is 9.30. The second kappa shape index (κ2) is 26.8. The van der Waals surface area contributed by atoms with Crippen molar-refractivity contribution in [1.29, 1.82) is 0 Å². The zero-order valence-electron chi connectivity index (χ0n) is 30.8. The number of nitrogens with one attached hydrogen (secondary N) is 3. The summed E-state index contributed by atoms with van der Waals surface area (Å²) in [7, 11) is 1.88. The Morgan fingerprint density at radius 1 is 0.962 bits per heavy atom. The van der Waals surface area contributed by atoms with E-state index in [9.17, 15) is 19.2 Å². The van der Waals surface area contributed by atoms with Gasteiger partial charge in [-0.2, -0.15) is 0 Å². The van der Waals surface area contributed by atoms with Crippen molar-refractivity contribution in [3.8, 4) is 0 Å². The lowest BCUT2D eigenvalue weighted by molar-refractivity contribution is -0.121. The molecule has 1 aromatic rings. The smallest absolute Gasteiger partial charge is 0.407 e. The molecule has 14 heteroatoms. The van der Waals surface area contributed by atoms with Crippen LogP contribution in [-0.4, -0.2) is 78.4 Å². The lowest BCUT2D eigenvalue weighted by atomic mass is 10.1. The highest BCUT2D eigenvalue weighted by atomic mass is 16.6. The molecule has 1 aliphatic rings. The fourth-order valence-corrected chi connectivity index (χ4v) is 5.02. The SMILES string of the molecule is CC/C=C\C/C=C\C/C=C\C/C=C\C/C=C\C/C=C\CCC(=O)NCCN(C)CCNC(=O)OC[C@H]1O[C@H](n2cc(C)c(=O)[nH]c2=O)C[C@@H]1N=[N+]=[N-]. The van der Waals surface area contributed by atoms with Gasteiger partial charge in [0, 0.05) is 55.7 Å². The highest BCUT2D eigenvalue weighted by molar-refractivity contribution is 5.75. The molecule has 52 heavy (non-hydrogen) atoms. The summed E-state index contributed by atoms with van der Waals surface area (Å²) in [5.41, 5.74) is 8.12. The number of hydrogen-bond donors (Lipinski definition) is 3. The van der Waals surface area contributed by atoms with Crippen molar-refractivity contribution in [1.82, 2.24) is 25.1 Å². The van der Waals surface area contributed by atoms with E-state index in [1.807, 2.05) is 18.0 Å². The summed E-state index contributed by atoms with van der Waals surface area (Å²) < 4.78 is 12.3.